The number of hydrogen-bond acceptors (Lipinski definition) is 3. The van der Waals surface area contributed by atoms with Gasteiger partial charge in [0.15, 0.2) is 0 Å². The summed E-state index contributed by atoms with van der Waals surface area (Å²) in [6.45, 7) is 2.15. The predicted molar refractivity (Wildman–Crippen MR) is 103 cm³/mol. The average molecular weight is 387 g/mol. The number of aromatic amines is 1. The number of halogens is 1. The molecule has 1 aliphatic heterocycles. The van der Waals surface area contributed by atoms with Crippen LogP contribution in [0.15, 0.2) is 36.4 Å². The normalized spacial score (nSPS) is 13.8. The fourth-order valence-electron chi connectivity index (χ4n) is 3.56. The Morgan fingerprint density at radius 2 is 2.00 bits per heavy atom. The van der Waals surface area contributed by atoms with Gasteiger partial charge in [-0.2, -0.15) is 0 Å². The molecule has 8 heteroatoms. The van der Waals surface area contributed by atoms with Crippen LogP contribution in [-0.4, -0.2) is 32.1 Å². The van der Waals surface area contributed by atoms with Crippen LogP contribution in [0.1, 0.15) is 21.6 Å². The molecule has 1 aliphatic rings. The van der Waals surface area contributed by atoms with Crippen LogP contribution in [0.25, 0.3) is 10.9 Å². The van der Waals surface area contributed by atoms with Crippen molar-refractivity contribution in [3.63, 3.8) is 0 Å². The zero-order valence-electron chi connectivity index (χ0n) is 14.8. The second-order valence-electron chi connectivity index (χ2n) is 6.70. The van der Waals surface area contributed by atoms with Gasteiger partial charge >= 0.3 is 0 Å². The quantitative estimate of drug-likeness (QED) is 0.724. The van der Waals surface area contributed by atoms with E-state index in [1.54, 1.807) is 25.1 Å². The summed E-state index contributed by atoms with van der Waals surface area (Å²) in [6, 6.07) is 9.47. The van der Waals surface area contributed by atoms with Gasteiger partial charge < -0.3 is 10.3 Å². The van der Waals surface area contributed by atoms with Gasteiger partial charge in [-0.25, -0.2) is 12.8 Å². The second kappa shape index (κ2) is 6.09. The van der Waals surface area contributed by atoms with E-state index in [2.05, 4.69) is 10.3 Å². The van der Waals surface area contributed by atoms with Crippen molar-refractivity contribution in [2.45, 2.75) is 13.3 Å². The number of amides is 1. The van der Waals surface area contributed by atoms with Crippen molar-refractivity contribution in [2.24, 2.45) is 0 Å². The molecular weight excluding hydrogens is 369 g/mol. The number of aromatic nitrogens is 1. The molecule has 0 fully saturated rings. The van der Waals surface area contributed by atoms with Crippen molar-refractivity contribution < 1.29 is 17.6 Å². The standard InChI is InChI=1S/C19H18FN3O3S/c1-11-18(15-9-13(20)4-6-16(15)21-11)19(24)22-14-5-3-12-7-8-23(17(12)10-14)27(2,25)26/h3-6,9-10,21H,7-8H2,1-2H3,(H,22,24). The Morgan fingerprint density at radius 1 is 1.22 bits per heavy atom. The minimum atomic E-state index is -3.37. The number of sulfonamides is 1. The highest BCUT2D eigenvalue weighted by atomic mass is 32.2. The van der Waals surface area contributed by atoms with Crippen LogP contribution < -0.4 is 9.62 Å². The molecule has 0 bridgehead atoms. The number of benzene rings is 2. The fourth-order valence-corrected chi connectivity index (χ4v) is 4.51. The first-order valence-corrected chi connectivity index (χ1v) is 10.3. The van der Waals surface area contributed by atoms with E-state index >= 15 is 0 Å². The number of carbonyl (C=O) groups excluding carboxylic acids is 1. The van der Waals surface area contributed by atoms with Crippen LogP contribution in [0.5, 0.6) is 0 Å². The lowest BCUT2D eigenvalue weighted by Gasteiger charge is -2.17. The van der Waals surface area contributed by atoms with Crippen LogP contribution in [0, 0.1) is 12.7 Å². The number of fused-ring (bicyclic) bond motifs is 2. The van der Waals surface area contributed by atoms with E-state index in [4.69, 9.17) is 0 Å². The third kappa shape index (κ3) is 3.06. The molecule has 1 aromatic heterocycles. The van der Waals surface area contributed by atoms with Crippen molar-refractivity contribution in [2.75, 3.05) is 22.4 Å². The average Bonchev–Trinajstić information content (AvgIpc) is 3.14. The molecule has 0 aliphatic carbocycles. The smallest absolute Gasteiger partial charge is 0.258 e. The van der Waals surface area contributed by atoms with Crippen LogP contribution in [0.4, 0.5) is 15.8 Å². The Labute approximate surface area is 156 Å². The molecule has 2 heterocycles. The van der Waals surface area contributed by atoms with Gasteiger partial charge in [-0.3, -0.25) is 9.10 Å². The summed E-state index contributed by atoms with van der Waals surface area (Å²) in [4.78, 5) is 15.9. The summed E-state index contributed by atoms with van der Waals surface area (Å²) >= 11 is 0. The van der Waals surface area contributed by atoms with Gasteiger partial charge in [-0.05, 0) is 49.2 Å². The summed E-state index contributed by atoms with van der Waals surface area (Å²) in [5.41, 5.74) is 3.66. The minimum absolute atomic E-state index is 0.366. The lowest BCUT2D eigenvalue weighted by Crippen LogP contribution is -2.27. The second-order valence-corrected chi connectivity index (χ2v) is 8.60. The van der Waals surface area contributed by atoms with Crippen molar-refractivity contribution in [1.82, 2.24) is 4.98 Å². The van der Waals surface area contributed by atoms with E-state index in [0.717, 1.165) is 11.8 Å². The van der Waals surface area contributed by atoms with Gasteiger partial charge in [0.2, 0.25) is 10.0 Å². The highest BCUT2D eigenvalue weighted by Crippen LogP contribution is 2.33. The Kier molecular flexibility index (Phi) is 3.96. The number of anilines is 2. The molecule has 0 saturated carbocycles. The monoisotopic (exact) mass is 387 g/mol. The molecule has 0 atom stereocenters. The number of nitrogens with one attached hydrogen (secondary N) is 2. The fraction of sp³-hybridized carbons (Fsp3) is 0.211. The molecular formula is C19H18FN3O3S. The first-order valence-electron chi connectivity index (χ1n) is 8.44. The van der Waals surface area contributed by atoms with Crippen molar-refractivity contribution >= 4 is 38.2 Å². The molecule has 0 spiro atoms. The number of aryl methyl sites for hydroxylation is 1. The maximum absolute atomic E-state index is 13.6. The molecule has 3 aromatic rings. The SMILES string of the molecule is Cc1[nH]c2ccc(F)cc2c1C(=O)Nc1ccc2c(c1)N(S(C)(=O)=O)CC2. The molecule has 2 N–H and O–H groups in total. The lowest BCUT2D eigenvalue weighted by molar-refractivity contribution is 0.102. The van der Waals surface area contributed by atoms with E-state index in [9.17, 15) is 17.6 Å². The van der Waals surface area contributed by atoms with Crippen LogP contribution in [0.2, 0.25) is 0 Å². The highest BCUT2D eigenvalue weighted by molar-refractivity contribution is 7.92. The summed E-state index contributed by atoms with van der Waals surface area (Å²) in [7, 11) is -3.37. The van der Waals surface area contributed by atoms with Gasteiger partial charge in [-0.15, -0.1) is 0 Å². The summed E-state index contributed by atoms with van der Waals surface area (Å²) in [5, 5.41) is 3.30. The van der Waals surface area contributed by atoms with Gasteiger partial charge in [0.1, 0.15) is 5.82 Å². The molecule has 140 valence electrons. The Bertz CT molecular complexity index is 1180. The summed E-state index contributed by atoms with van der Waals surface area (Å²) < 4.78 is 38.8. The topological polar surface area (TPSA) is 82.3 Å². The van der Waals surface area contributed by atoms with Crippen molar-refractivity contribution in [1.29, 1.82) is 0 Å². The maximum atomic E-state index is 13.6. The molecule has 1 amide bonds. The van der Waals surface area contributed by atoms with Crippen molar-refractivity contribution in [3.05, 3.63) is 59.0 Å². The third-order valence-electron chi connectivity index (χ3n) is 4.77. The Hall–Kier alpha value is -2.87. The van der Waals surface area contributed by atoms with E-state index in [1.165, 1.54) is 16.4 Å². The third-order valence-corrected chi connectivity index (χ3v) is 5.95. The van der Waals surface area contributed by atoms with Crippen LogP contribution >= 0.6 is 0 Å². The minimum Gasteiger partial charge on any atom is -0.358 e. The van der Waals surface area contributed by atoms with Gasteiger partial charge in [0, 0.05) is 28.8 Å². The van der Waals surface area contributed by atoms with E-state index in [0.29, 0.717) is 46.5 Å². The molecule has 0 radical (unpaired) electrons. The molecule has 0 unspecified atom stereocenters. The highest BCUT2D eigenvalue weighted by Gasteiger charge is 2.26. The number of nitrogens with zero attached hydrogens (tertiary/aromatic N) is 1. The molecule has 0 saturated heterocycles. The van der Waals surface area contributed by atoms with Crippen molar-refractivity contribution in [3.8, 4) is 0 Å². The van der Waals surface area contributed by atoms with Crippen LogP contribution in [-0.2, 0) is 16.4 Å². The molecule has 2 aromatic carbocycles. The van der Waals surface area contributed by atoms with E-state index in [1.807, 2.05) is 6.07 Å². The number of rotatable bonds is 3. The first-order chi connectivity index (χ1) is 12.7. The molecule has 27 heavy (non-hydrogen) atoms. The largest absolute Gasteiger partial charge is 0.358 e. The number of hydrogen-bond donors (Lipinski definition) is 2. The Balaban J connectivity index is 1.69. The van der Waals surface area contributed by atoms with Crippen LogP contribution in [0.3, 0.4) is 0 Å². The van der Waals surface area contributed by atoms with E-state index < -0.39 is 15.8 Å². The number of carbonyl (C=O) groups is 1. The summed E-state index contributed by atoms with van der Waals surface area (Å²) in [5.74, 6) is -0.801. The lowest BCUT2D eigenvalue weighted by atomic mass is 10.1. The zero-order valence-corrected chi connectivity index (χ0v) is 15.7. The first kappa shape index (κ1) is 17.5. The predicted octanol–water partition coefficient (Wildman–Crippen LogP) is 3.19. The van der Waals surface area contributed by atoms with E-state index in [-0.39, 0.29) is 5.91 Å². The Morgan fingerprint density at radius 3 is 2.74 bits per heavy atom. The zero-order chi connectivity index (χ0) is 19.3. The number of H-pyrrole nitrogens is 1. The molecule has 6 nitrogen and oxygen atoms in total. The van der Waals surface area contributed by atoms with Gasteiger partial charge in [0.05, 0.1) is 17.5 Å². The molecule has 4 rings (SSSR count). The summed E-state index contributed by atoms with van der Waals surface area (Å²) in [6.07, 6.45) is 1.80. The maximum Gasteiger partial charge on any atom is 0.258 e. The van der Waals surface area contributed by atoms with Gasteiger partial charge in [-0.1, -0.05) is 6.07 Å². The van der Waals surface area contributed by atoms with Gasteiger partial charge in [0.25, 0.3) is 5.91 Å².